The summed E-state index contributed by atoms with van der Waals surface area (Å²) in [6.45, 7) is 6.50. The molecule has 0 spiro atoms. The minimum absolute atomic E-state index is 0.00213. The number of rotatable bonds is 5. The van der Waals surface area contributed by atoms with Gasteiger partial charge in [-0.3, -0.25) is 0 Å². The number of hydrogen-bond acceptors (Lipinski definition) is 4. The van der Waals surface area contributed by atoms with Crippen LogP contribution in [0.1, 0.15) is 32.4 Å². The van der Waals surface area contributed by atoms with Gasteiger partial charge in [-0.15, -0.1) is 11.8 Å². The van der Waals surface area contributed by atoms with Gasteiger partial charge in [-0.05, 0) is 17.7 Å². The van der Waals surface area contributed by atoms with Crippen LogP contribution in [-0.2, 0) is 0 Å². The van der Waals surface area contributed by atoms with Gasteiger partial charge in [-0.1, -0.05) is 68.9 Å². The lowest BCUT2D eigenvalue weighted by molar-refractivity contribution is 0.196. The summed E-state index contributed by atoms with van der Waals surface area (Å²) in [5, 5.41) is 11.7. The van der Waals surface area contributed by atoms with Gasteiger partial charge < -0.3 is 5.11 Å². The van der Waals surface area contributed by atoms with E-state index >= 15 is 0 Å². The van der Waals surface area contributed by atoms with E-state index in [1.165, 1.54) is 0 Å². The Morgan fingerprint density at radius 3 is 2.24 bits per heavy atom. The third-order valence-electron chi connectivity index (χ3n) is 2.74. The summed E-state index contributed by atoms with van der Waals surface area (Å²) in [4.78, 5) is 4.36. The minimum atomic E-state index is -0.526. The van der Waals surface area contributed by atoms with Crippen molar-refractivity contribution in [3.63, 3.8) is 0 Å². The molecule has 0 aliphatic carbocycles. The van der Waals surface area contributed by atoms with E-state index in [9.17, 15) is 5.11 Å². The van der Waals surface area contributed by atoms with Crippen molar-refractivity contribution in [1.82, 2.24) is 4.98 Å². The molecule has 0 fully saturated rings. The molecule has 0 amide bonds. The van der Waals surface area contributed by atoms with E-state index in [4.69, 9.17) is 0 Å². The van der Waals surface area contributed by atoms with Crippen LogP contribution in [0.5, 0.6) is 0 Å². The molecule has 21 heavy (non-hydrogen) atoms. The van der Waals surface area contributed by atoms with E-state index in [2.05, 4.69) is 25.8 Å². The molecule has 1 aromatic carbocycles. The lowest BCUT2D eigenvalue weighted by Gasteiger charge is -2.28. The number of hydrogen-bond donors (Lipinski definition) is 1. The van der Waals surface area contributed by atoms with Crippen molar-refractivity contribution in [2.75, 3.05) is 0 Å². The molecule has 1 aromatic heterocycles. The summed E-state index contributed by atoms with van der Waals surface area (Å²) >= 11 is 3.39. The van der Waals surface area contributed by atoms with E-state index in [0.717, 1.165) is 10.6 Å². The molecule has 1 N–H and O–H groups in total. The van der Waals surface area contributed by atoms with Gasteiger partial charge in [-0.2, -0.15) is 0 Å². The van der Waals surface area contributed by atoms with Gasteiger partial charge in [0, 0.05) is 10.9 Å². The first-order valence-electron chi connectivity index (χ1n) is 6.94. The van der Waals surface area contributed by atoms with Crippen LogP contribution in [0.4, 0.5) is 0 Å². The largest absolute Gasteiger partial charge is 0.386 e. The number of aliphatic hydroxyl groups is 1. The number of benzene rings is 1. The Hall–Kier alpha value is -0.970. The summed E-state index contributed by atoms with van der Waals surface area (Å²) in [7, 11) is 0. The van der Waals surface area contributed by atoms with E-state index in [1.54, 1.807) is 29.7 Å². The lowest BCUT2D eigenvalue weighted by Crippen LogP contribution is -2.19. The Kier molecular flexibility index (Phi) is 5.73. The lowest BCUT2D eigenvalue weighted by atomic mass is 10.1. The van der Waals surface area contributed by atoms with Crippen molar-refractivity contribution < 1.29 is 5.11 Å². The Labute approximate surface area is 135 Å². The Bertz CT molecular complexity index is 540. The smallest absolute Gasteiger partial charge is 0.100 e. The van der Waals surface area contributed by atoms with Gasteiger partial charge in [-0.25, -0.2) is 4.98 Å². The van der Waals surface area contributed by atoms with Crippen LogP contribution in [0.2, 0.25) is 0 Å². The quantitative estimate of drug-likeness (QED) is 0.636. The van der Waals surface area contributed by atoms with Crippen LogP contribution in [0.3, 0.4) is 0 Å². The third kappa shape index (κ3) is 5.38. The first-order chi connectivity index (χ1) is 9.96. The van der Waals surface area contributed by atoms with Crippen molar-refractivity contribution in [2.24, 2.45) is 0 Å². The summed E-state index contributed by atoms with van der Waals surface area (Å²) < 4.78 is 0.0738. The molecule has 2 nitrogen and oxygen atoms in total. The molecule has 2 atom stereocenters. The van der Waals surface area contributed by atoms with Gasteiger partial charge in [0.25, 0.3) is 0 Å². The fourth-order valence-electron chi connectivity index (χ4n) is 1.84. The summed E-state index contributed by atoms with van der Waals surface area (Å²) in [6, 6.07) is 15.7. The SMILES string of the molecule is CC(C)(C)SC(Sc1ccccn1)C(O)c1ccccc1. The molecule has 2 unspecified atom stereocenters. The molecule has 112 valence electrons. The van der Waals surface area contributed by atoms with Crippen LogP contribution in [0.15, 0.2) is 59.8 Å². The number of pyridine rings is 1. The molecule has 0 saturated heterocycles. The standard InChI is InChI=1S/C17H21NOS2/c1-17(2,3)21-16(20-14-11-7-8-12-18-14)15(19)13-9-5-4-6-10-13/h4-12,15-16,19H,1-3H3. The molecule has 0 bridgehead atoms. The topological polar surface area (TPSA) is 33.1 Å². The molecular formula is C17H21NOS2. The second-order valence-electron chi connectivity index (χ2n) is 5.74. The second-order valence-corrected chi connectivity index (χ2v) is 9.17. The van der Waals surface area contributed by atoms with Crippen LogP contribution in [-0.4, -0.2) is 19.4 Å². The highest BCUT2D eigenvalue weighted by atomic mass is 32.2. The van der Waals surface area contributed by atoms with Crippen LogP contribution in [0, 0.1) is 0 Å². The monoisotopic (exact) mass is 319 g/mol. The maximum absolute atomic E-state index is 10.7. The fraction of sp³-hybridized carbons (Fsp3) is 0.353. The zero-order valence-corrected chi connectivity index (χ0v) is 14.2. The fourth-order valence-corrected chi connectivity index (χ4v) is 4.98. The van der Waals surface area contributed by atoms with E-state index in [0.29, 0.717) is 0 Å². The summed E-state index contributed by atoms with van der Waals surface area (Å²) in [5.74, 6) is 0. The van der Waals surface area contributed by atoms with E-state index in [-0.39, 0.29) is 9.33 Å². The van der Waals surface area contributed by atoms with Crippen molar-refractivity contribution in [1.29, 1.82) is 0 Å². The van der Waals surface area contributed by atoms with Gasteiger partial charge in [0.1, 0.15) is 6.10 Å². The minimum Gasteiger partial charge on any atom is -0.386 e. The molecule has 0 saturated carbocycles. The Morgan fingerprint density at radius 2 is 1.67 bits per heavy atom. The maximum atomic E-state index is 10.7. The molecule has 2 aromatic rings. The highest BCUT2D eigenvalue weighted by molar-refractivity contribution is 8.17. The first kappa shape index (κ1) is 16.4. The zero-order chi connectivity index (χ0) is 15.3. The van der Waals surface area contributed by atoms with Gasteiger partial charge in [0.2, 0.25) is 0 Å². The highest BCUT2D eigenvalue weighted by Crippen LogP contribution is 2.43. The van der Waals surface area contributed by atoms with Crippen molar-refractivity contribution in [3.05, 3.63) is 60.3 Å². The molecule has 2 rings (SSSR count). The van der Waals surface area contributed by atoms with E-state index < -0.39 is 6.10 Å². The normalized spacial score (nSPS) is 14.7. The predicted octanol–water partition coefficient (Wildman–Crippen LogP) is 4.77. The Balaban J connectivity index is 2.19. The molecule has 0 aliphatic rings. The molecule has 0 radical (unpaired) electrons. The van der Waals surface area contributed by atoms with Gasteiger partial charge in [0.05, 0.1) is 9.61 Å². The summed E-state index contributed by atoms with van der Waals surface area (Å²) in [5.41, 5.74) is 0.947. The highest BCUT2D eigenvalue weighted by Gasteiger charge is 2.28. The second kappa shape index (κ2) is 7.34. The summed E-state index contributed by atoms with van der Waals surface area (Å²) in [6.07, 6.45) is 1.26. The predicted molar refractivity (Wildman–Crippen MR) is 92.6 cm³/mol. The number of aromatic nitrogens is 1. The number of nitrogens with zero attached hydrogens (tertiary/aromatic N) is 1. The molecular weight excluding hydrogens is 298 g/mol. The van der Waals surface area contributed by atoms with E-state index in [1.807, 2.05) is 48.5 Å². The number of thioether (sulfide) groups is 2. The average molecular weight is 319 g/mol. The van der Waals surface area contributed by atoms with Crippen molar-refractivity contribution in [3.8, 4) is 0 Å². The maximum Gasteiger partial charge on any atom is 0.100 e. The van der Waals surface area contributed by atoms with Gasteiger partial charge in [0.15, 0.2) is 0 Å². The van der Waals surface area contributed by atoms with Crippen molar-refractivity contribution in [2.45, 2.75) is 41.2 Å². The first-order valence-corrected chi connectivity index (χ1v) is 8.70. The molecule has 4 heteroatoms. The average Bonchev–Trinajstić information content (AvgIpc) is 2.46. The number of aliphatic hydroxyl groups excluding tert-OH is 1. The van der Waals surface area contributed by atoms with Crippen LogP contribution >= 0.6 is 23.5 Å². The zero-order valence-electron chi connectivity index (χ0n) is 12.6. The van der Waals surface area contributed by atoms with Crippen LogP contribution in [0.25, 0.3) is 0 Å². The van der Waals surface area contributed by atoms with Crippen LogP contribution < -0.4 is 0 Å². The molecule has 0 aliphatic heterocycles. The molecule has 1 heterocycles. The van der Waals surface area contributed by atoms with Gasteiger partial charge >= 0.3 is 0 Å². The Morgan fingerprint density at radius 1 is 1.00 bits per heavy atom. The third-order valence-corrected chi connectivity index (χ3v) is 5.49. The van der Waals surface area contributed by atoms with Crippen molar-refractivity contribution >= 4 is 23.5 Å².